The molecule has 0 radical (unpaired) electrons. The van der Waals surface area contributed by atoms with Crippen LogP contribution < -0.4 is 0 Å². The van der Waals surface area contributed by atoms with Crippen LogP contribution in [0.1, 0.15) is 98.8 Å². The summed E-state index contributed by atoms with van der Waals surface area (Å²) in [5.41, 5.74) is 1.34. The zero-order valence-electron chi connectivity index (χ0n) is 16.0. The number of aliphatic hydroxyl groups excluding tert-OH is 1. The second kappa shape index (κ2) is 14.3. The molecule has 0 heterocycles. The van der Waals surface area contributed by atoms with Gasteiger partial charge in [0.15, 0.2) is 0 Å². The fourth-order valence-corrected chi connectivity index (χ4v) is 3.14. The van der Waals surface area contributed by atoms with Gasteiger partial charge in [-0.3, -0.25) is 0 Å². The molecule has 0 amide bonds. The Morgan fingerprint density at radius 3 is 1.82 bits per heavy atom. The second-order valence-corrected chi connectivity index (χ2v) is 7.94. The summed E-state index contributed by atoms with van der Waals surface area (Å²) < 4.78 is 0. The summed E-state index contributed by atoms with van der Waals surface area (Å²) >= 11 is 0. The lowest BCUT2D eigenvalue weighted by atomic mass is 9.92. The lowest BCUT2D eigenvalue weighted by Gasteiger charge is -2.15. The first kappa shape index (κ1) is 21.7. The summed E-state index contributed by atoms with van der Waals surface area (Å²) in [5.74, 6) is 2.64. The van der Waals surface area contributed by atoms with E-state index < -0.39 is 0 Å². The summed E-state index contributed by atoms with van der Waals surface area (Å²) in [6, 6.07) is 0. The van der Waals surface area contributed by atoms with E-state index in [2.05, 4.69) is 34.6 Å². The van der Waals surface area contributed by atoms with Crippen LogP contribution in [0.2, 0.25) is 0 Å². The summed E-state index contributed by atoms with van der Waals surface area (Å²) in [7, 11) is 0. The van der Waals surface area contributed by atoms with Crippen LogP contribution in [0.4, 0.5) is 0 Å². The Morgan fingerprint density at radius 2 is 1.27 bits per heavy atom. The average molecular weight is 311 g/mol. The third kappa shape index (κ3) is 14.6. The third-order valence-electron chi connectivity index (χ3n) is 4.83. The fourth-order valence-electron chi connectivity index (χ4n) is 3.14. The van der Waals surface area contributed by atoms with E-state index in [0.29, 0.717) is 0 Å². The van der Waals surface area contributed by atoms with Crippen LogP contribution >= 0.6 is 0 Å². The van der Waals surface area contributed by atoms with Crippen molar-refractivity contribution in [1.29, 1.82) is 0 Å². The average Bonchev–Trinajstić information content (AvgIpc) is 2.43. The van der Waals surface area contributed by atoms with Gasteiger partial charge < -0.3 is 5.11 Å². The maximum Gasteiger partial charge on any atom is 0.0614 e. The highest BCUT2D eigenvalue weighted by atomic mass is 16.2. The number of hydrogen-bond acceptors (Lipinski definition) is 1. The van der Waals surface area contributed by atoms with Gasteiger partial charge in [0.1, 0.15) is 0 Å². The highest BCUT2D eigenvalue weighted by molar-refractivity contribution is 4.97. The number of rotatable bonds is 14. The minimum Gasteiger partial charge on any atom is -0.392 e. The van der Waals surface area contributed by atoms with E-state index in [-0.39, 0.29) is 6.61 Å². The molecule has 0 rings (SSSR count). The zero-order valence-corrected chi connectivity index (χ0v) is 16.0. The Kier molecular flexibility index (Phi) is 14.1. The van der Waals surface area contributed by atoms with Crippen molar-refractivity contribution < 1.29 is 5.11 Å². The molecule has 0 aliphatic rings. The number of allylic oxidation sites excluding steroid dienone is 1. The quantitative estimate of drug-likeness (QED) is 0.278. The molecular formula is C21H42O. The molecule has 132 valence electrons. The standard InChI is InChI=1S/C21H42O/c1-18(2)10-6-7-11-19(3)12-8-13-20(4)14-9-15-21(5)16-17-22/h16,18-20,22H,6-15,17H2,1-5H3. The lowest BCUT2D eigenvalue weighted by molar-refractivity contribution is 0.341. The van der Waals surface area contributed by atoms with Crippen molar-refractivity contribution >= 4 is 0 Å². The van der Waals surface area contributed by atoms with E-state index in [1.165, 1.54) is 63.4 Å². The molecule has 0 aliphatic carbocycles. The SMILES string of the molecule is CC(=CCO)CCCC(C)CCCC(C)CCCCC(C)C. The van der Waals surface area contributed by atoms with Gasteiger partial charge in [-0.05, 0) is 37.5 Å². The first-order valence-corrected chi connectivity index (χ1v) is 9.72. The Balaban J connectivity index is 3.50. The summed E-state index contributed by atoms with van der Waals surface area (Å²) in [6.07, 6.45) is 15.5. The molecule has 1 nitrogen and oxygen atoms in total. The lowest BCUT2D eigenvalue weighted by Crippen LogP contribution is -2.00. The Morgan fingerprint density at radius 1 is 0.773 bits per heavy atom. The van der Waals surface area contributed by atoms with Gasteiger partial charge >= 0.3 is 0 Å². The molecular weight excluding hydrogens is 268 g/mol. The van der Waals surface area contributed by atoms with Crippen LogP contribution in [0, 0.1) is 17.8 Å². The van der Waals surface area contributed by atoms with Crippen molar-refractivity contribution in [3.63, 3.8) is 0 Å². The van der Waals surface area contributed by atoms with Crippen LogP contribution in [0.15, 0.2) is 11.6 Å². The highest BCUT2D eigenvalue weighted by Gasteiger charge is 2.06. The minimum atomic E-state index is 0.191. The molecule has 0 saturated carbocycles. The number of hydrogen-bond donors (Lipinski definition) is 1. The molecule has 0 fully saturated rings. The van der Waals surface area contributed by atoms with Gasteiger partial charge in [-0.15, -0.1) is 0 Å². The van der Waals surface area contributed by atoms with Gasteiger partial charge in [-0.25, -0.2) is 0 Å². The molecule has 1 heteroatoms. The first-order valence-electron chi connectivity index (χ1n) is 9.72. The van der Waals surface area contributed by atoms with E-state index in [0.717, 1.165) is 24.2 Å². The second-order valence-electron chi connectivity index (χ2n) is 7.94. The number of unbranched alkanes of at least 4 members (excludes halogenated alkanes) is 1. The summed E-state index contributed by atoms with van der Waals surface area (Å²) in [4.78, 5) is 0. The van der Waals surface area contributed by atoms with E-state index in [4.69, 9.17) is 5.11 Å². The van der Waals surface area contributed by atoms with Crippen LogP contribution in [-0.2, 0) is 0 Å². The van der Waals surface area contributed by atoms with Crippen molar-refractivity contribution in [2.45, 2.75) is 98.8 Å². The normalized spacial score (nSPS) is 15.3. The monoisotopic (exact) mass is 310 g/mol. The maximum absolute atomic E-state index is 8.84. The zero-order chi connectivity index (χ0) is 16.8. The van der Waals surface area contributed by atoms with Crippen LogP contribution in [-0.4, -0.2) is 11.7 Å². The maximum atomic E-state index is 8.84. The van der Waals surface area contributed by atoms with Crippen LogP contribution in [0.25, 0.3) is 0 Å². The van der Waals surface area contributed by atoms with Gasteiger partial charge in [-0.1, -0.05) is 90.7 Å². The van der Waals surface area contributed by atoms with Crippen molar-refractivity contribution in [3.05, 3.63) is 11.6 Å². The van der Waals surface area contributed by atoms with Gasteiger partial charge in [-0.2, -0.15) is 0 Å². The van der Waals surface area contributed by atoms with Gasteiger partial charge in [0.05, 0.1) is 6.61 Å². The van der Waals surface area contributed by atoms with E-state index in [1.54, 1.807) is 0 Å². The van der Waals surface area contributed by atoms with E-state index in [1.807, 2.05) is 6.08 Å². The van der Waals surface area contributed by atoms with Crippen LogP contribution in [0.3, 0.4) is 0 Å². The Bertz CT molecular complexity index is 267. The molecule has 0 saturated heterocycles. The summed E-state index contributed by atoms with van der Waals surface area (Å²) in [5, 5.41) is 8.84. The molecule has 0 aromatic carbocycles. The minimum absolute atomic E-state index is 0.191. The molecule has 2 atom stereocenters. The molecule has 2 unspecified atom stereocenters. The van der Waals surface area contributed by atoms with Gasteiger partial charge in [0.25, 0.3) is 0 Å². The topological polar surface area (TPSA) is 20.2 Å². The molecule has 0 bridgehead atoms. The molecule has 0 aromatic rings. The van der Waals surface area contributed by atoms with Gasteiger partial charge in [0.2, 0.25) is 0 Å². The molecule has 22 heavy (non-hydrogen) atoms. The largest absolute Gasteiger partial charge is 0.392 e. The van der Waals surface area contributed by atoms with Crippen molar-refractivity contribution in [2.24, 2.45) is 17.8 Å². The molecule has 0 aromatic heterocycles. The third-order valence-corrected chi connectivity index (χ3v) is 4.83. The van der Waals surface area contributed by atoms with Crippen molar-refractivity contribution in [3.8, 4) is 0 Å². The predicted octanol–water partition coefficient (Wildman–Crippen LogP) is 6.75. The van der Waals surface area contributed by atoms with Crippen LogP contribution in [0.5, 0.6) is 0 Å². The highest BCUT2D eigenvalue weighted by Crippen LogP contribution is 2.21. The van der Waals surface area contributed by atoms with Gasteiger partial charge in [0, 0.05) is 0 Å². The van der Waals surface area contributed by atoms with E-state index >= 15 is 0 Å². The molecule has 0 aliphatic heterocycles. The first-order chi connectivity index (χ1) is 10.5. The smallest absolute Gasteiger partial charge is 0.0614 e. The Hall–Kier alpha value is -0.300. The van der Waals surface area contributed by atoms with E-state index in [9.17, 15) is 0 Å². The Labute approximate surface area is 140 Å². The number of aliphatic hydroxyl groups is 1. The molecule has 1 N–H and O–H groups in total. The van der Waals surface area contributed by atoms with Crippen molar-refractivity contribution in [1.82, 2.24) is 0 Å². The summed E-state index contributed by atoms with van der Waals surface area (Å²) in [6.45, 7) is 11.8. The molecule has 0 spiro atoms. The fraction of sp³-hybridized carbons (Fsp3) is 0.905. The predicted molar refractivity (Wildman–Crippen MR) is 100 cm³/mol. The van der Waals surface area contributed by atoms with Crippen molar-refractivity contribution in [2.75, 3.05) is 6.61 Å².